The molecule has 4 aromatic rings. The third-order valence-electron chi connectivity index (χ3n) is 3.82. The number of benzene rings is 2. The molecular formula is C18H14N4O2S. The molecular weight excluding hydrogens is 336 g/mol. The monoisotopic (exact) mass is 350 g/mol. The number of nitrogens with zero attached hydrogens (tertiary/aromatic N) is 2. The van der Waals surface area contributed by atoms with Gasteiger partial charge in [0.1, 0.15) is 5.01 Å². The van der Waals surface area contributed by atoms with Gasteiger partial charge in [0.05, 0.1) is 16.6 Å². The van der Waals surface area contributed by atoms with E-state index in [9.17, 15) is 4.79 Å². The van der Waals surface area contributed by atoms with E-state index in [1.165, 1.54) is 0 Å². The van der Waals surface area contributed by atoms with Crippen LogP contribution in [0.5, 0.6) is 0 Å². The third kappa shape index (κ3) is 3.22. The average molecular weight is 350 g/mol. The molecule has 2 aromatic carbocycles. The number of nitrogens with one attached hydrogen (secondary N) is 2. The van der Waals surface area contributed by atoms with Gasteiger partial charge < -0.3 is 15.4 Å². The normalized spacial score (nSPS) is 10.9. The second-order valence-electron chi connectivity index (χ2n) is 5.51. The van der Waals surface area contributed by atoms with E-state index in [0.29, 0.717) is 12.5 Å². The molecule has 0 radical (unpaired) electrons. The zero-order valence-corrected chi connectivity index (χ0v) is 13.9. The number of imidazole rings is 1. The lowest BCUT2D eigenvalue weighted by molar-refractivity contribution is 0.0697. The van der Waals surface area contributed by atoms with Gasteiger partial charge in [-0.2, -0.15) is 0 Å². The molecule has 2 heterocycles. The lowest BCUT2D eigenvalue weighted by Crippen LogP contribution is -2.02. The largest absolute Gasteiger partial charge is 0.478 e. The number of hydrogen-bond donors (Lipinski definition) is 3. The van der Waals surface area contributed by atoms with E-state index in [1.54, 1.807) is 41.8 Å². The molecule has 0 atom stereocenters. The number of H-pyrrole nitrogens is 1. The fourth-order valence-electron chi connectivity index (χ4n) is 2.54. The molecule has 0 aliphatic rings. The van der Waals surface area contributed by atoms with Crippen LogP contribution < -0.4 is 5.32 Å². The van der Waals surface area contributed by atoms with Gasteiger partial charge in [0.2, 0.25) is 5.95 Å². The van der Waals surface area contributed by atoms with Gasteiger partial charge in [-0.15, -0.1) is 11.3 Å². The summed E-state index contributed by atoms with van der Waals surface area (Å²) in [6, 6.07) is 12.8. The topological polar surface area (TPSA) is 90.9 Å². The minimum atomic E-state index is -0.923. The van der Waals surface area contributed by atoms with Crippen molar-refractivity contribution in [3.8, 4) is 10.6 Å². The second kappa shape index (κ2) is 6.37. The van der Waals surface area contributed by atoms with Gasteiger partial charge in [-0.1, -0.05) is 12.1 Å². The first-order valence-corrected chi connectivity index (χ1v) is 8.53. The van der Waals surface area contributed by atoms with Gasteiger partial charge in [-0.25, -0.2) is 14.8 Å². The highest BCUT2D eigenvalue weighted by atomic mass is 32.1. The van der Waals surface area contributed by atoms with Gasteiger partial charge in [-0.3, -0.25) is 0 Å². The van der Waals surface area contributed by atoms with Crippen molar-refractivity contribution in [2.45, 2.75) is 6.54 Å². The molecule has 0 aliphatic heterocycles. The van der Waals surface area contributed by atoms with Crippen LogP contribution in [0.1, 0.15) is 15.9 Å². The maximum atomic E-state index is 10.9. The Labute approximate surface area is 147 Å². The number of thiazole rings is 1. The minimum absolute atomic E-state index is 0.280. The van der Waals surface area contributed by atoms with E-state index in [1.807, 2.05) is 23.6 Å². The average Bonchev–Trinajstić information content (AvgIpc) is 3.29. The third-order valence-corrected chi connectivity index (χ3v) is 4.64. The van der Waals surface area contributed by atoms with Crippen LogP contribution >= 0.6 is 11.3 Å². The Morgan fingerprint density at radius 2 is 2.04 bits per heavy atom. The van der Waals surface area contributed by atoms with Crippen molar-refractivity contribution < 1.29 is 9.90 Å². The number of aromatic amines is 1. The Kier molecular flexibility index (Phi) is 3.91. The number of hydrogen-bond acceptors (Lipinski definition) is 5. The van der Waals surface area contributed by atoms with Crippen LogP contribution in [-0.4, -0.2) is 26.0 Å². The number of anilines is 1. The Morgan fingerprint density at radius 3 is 2.76 bits per heavy atom. The van der Waals surface area contributed by atoms with Crippen molar-refractivity contribution in [2.75, 3.05) is 5.32 Å². The van der Waals surface area contributed by atoms with Crippen molar-refractivity contribution >= 4 is 34.3 Å². The number of aromatic carboxylic acids is 1. The Balaban J connectivity index is 1.51. The molecule has 6 nitrogen and oxygen atoms in total. The summed E-state index contributed by atoms with van der Waals surface area (Å²) < 4.78 is 0. The summed E-state index contributed by atoms with van der Waals surface area (Å²) in [4.78, 5) is 23.0. The van der Waals surface area contributed by atoms with E-state index in [0.717, 1.165) is 27.2 Å². The molecule has 7 heteroatoms. The van der Waals surface area contributed by atoms with Crippen LogP contribution in [0.25, 0.3) is 21.6 Å². The zero-order valence-electron chi connectivity index (χ0n) is 13.1. The highest BCUT2D eigenvalue weighted by Crippen LogP contribution is 2.25. The van der Waals surface area contributed by atoms with Crippen LogP contribution in [0.3, 0.4) is 0 Å². The number of rotatable bonds is 5. The lowest BCUT2D eigenvalue weighted by atomic mass is 10.1. The highest BCUT2D eigenvalue weighted by Gasteiger charge is 2.07. The Morgan fingerprint density at radius 1 is 1.20 bits per heavy atom. The Bertz CT molecular complexity index is 1020. The summed E-state index contributed by atoms with van der Waals surface area (Å²) in [6.45, 7) is 0.555. The van der Waals surface area contributed by atoms with E-state index >= 15 is 0 Å². The van der Waals surface area contributed by atoms with Gasteiger partial charge in [0, 0.05) is 23.7 Å². The second-order valence-corrected chi connectivity index (χ2v) is 6.40. The molecule has 0 unspecified atom stereocenters. The van der Waals surface area contributed by atoms with Gasteiger partial charge in [0.25, 0.3) is 0 Å². The first-order chi connectivity index (χ1) is 12.2. The first kappa shape index (κ1) is 15.3. The summed E-state index contributed by atoms with van der Waals surface area (Å²) in [5.41, 5.74) is 4.14. The van der Waals surface area contributed by atoms with Crippen molar-refractivity contribution in [3.05, 3.63) is 65.2 Å². The summed E-state index contributed by atoms with van der Waals surface area (Å²) in [7, 11) is 0. The summed E-state index contributed by atoms with van der Waals surface area (Å²) in [6.07, 6.45) is 1.79. The maximum Gasteiger partial charge on any atom is 0.335 e. The van der Waals surface area contributed by atoms with E-state index in [-0.39, 0.29) is 5.56 Å². The van der Waals surface area contributed by atoms with Crippen molar-refractivity contribution in [3.63, 3.8) is 0 Å². The van der Waals surface area contributed by atoms with Gasteiger partial charge in [-0.05, 0) is 35.9 Å². The Hall–Kier alpha value is -3.19. The van der Waals surface area contributed by atoms with Gasteiger partial charge >= 0.3 is 5.97 Å². The molecule has 0 amide bonds. The number of aromatic nitrogens is 3. The predicted octanol–water partition coefficient (Wildman–Crippen LogP) is 4.00. The van der Waals surface area contributed by atoms with Crippen LogP contribution in [0, 0.1) is 0 Å². The molecule has 0 aliphatic carbocycles. The molecule has 0 bridgehead atoms. The number of carboxylic acid groups (broad SMARTS) is 1. The zero-order chi connectivity index (χ0) is 17.2. The standard InChI is InChI=1S/C18H14N4O2S/c23-17(24)12-3-1-11(2-4-12)10-20-18-21-14-6-5-13(9-15(14)22-18)16-19-7-8-25-16/h1-9H,10H2,(H,23,24)(H2,20,21,22). The number of fused-ring (bicyclic) bond motifs is 1. The first-order valence-electron chi connectivity index (χ1n) is 7.65. The summed E-state index contributed by atoms with van der Waals surface area (Å²) >= 11 is 1.60. The fourth-order valence-corrected chi connectivity index (χ4v) is 3.18. The molecule has 0 spiro atoms. The van der Waals surface area contributed by atoms with Crippen LogP contribution in [0.2, 0.25) is 0 Å². The smallest absolute Gasteiger partial charge is 0.335 e. The van der Waals surface area contributed by atoms with Crippen LogP contribution in [0.4, 0.5) is 5.95 Å². The molecule has 0 saturated carbocycles. The molecule has 3 N–H and O–H groups in total. The molecule has 0 fully saturated rings. The van der Waals surface area contributed by atoms with Crippen LogP contribution in [0.15, 0.2) is 54.0 Å². The summed E-state index contributed by atoms with van der Waals surface area (Å²) in [5.74, 6) is -0.249. The molecule has 4 rings (SSSR count). The van der Waals surface area contributed by atoms with Crippen molar-refractivity contribution in [2.24, 2.45) is 0 Å². The SMILES string of the molecule is O=C(O)c1ccc(CNc2nc3ccc(-c4nccs4)cc3[nH]2)cc1. The van der Waals surface area contributed by atoms with Gasteiger partial charge in [0.15, 0.2) is 0 Å². The van der Waals surface area contributed by atoms with Crippen LogP contribution in [-0.2, 0) is 6.54 Å². The fraction of sp³-hybridized carbons (Fsp3) is 0.0556. The molecule has 124 valence electrons. The highest BCUT2D eigenvalue weighted by molar-refractivity contribution is 7.13. The maximum absolute atomic E-state index is 10.9. The van der Waals surface area contributed by atoms with E-state index < -0.39 is 5.97 Å². The predicted molar refractivity (Wildman–Crippen MR) is 97.9 cm³/mol. The lowest BCUT2D eigenvalue weighted by Gasteiger charge is -2.03. The van der Waals surface area contributed by atoms with Crippen molar-refractivity contribution in [1.29, 1.82) is 0 Å². The quantitative estimate of drug-likeness (QED) is 0.506. The van der Waals surface area contributed by atoms with E-state index in [2.05, 4.69) is 20.3 Å². The van der Waals surface area contributed by atoms with E-state index in [4.69, 9.17) is 5.11 Å². The molecule has 25 heavy (non-hydrogen) atoms. The summed E-state index contributed by atoms with van der Waals surface area (Å²) in [5, 5.41) is 15.1. The molecule has 2 aromatic heterocycles. The molecule has 0 saturated heterocycles. The van der Waals surface area contributed by atoms with Crippen molar-refractivity contribution in [1.82, 2.24) is 15.0 Å². The minimum Gasteiger partial charge on any atom is -0.478 e. The number of carboxylic acids is 1. The number of carbonyl (C=O) groups is 1.